The third-order valence-electron chi connectivity index (χ3n) is 8.88. The van der Waals surface area contributed by atoms with E-state index in [2.05, 4.69) is 69.4 Å². The van der Waals surface area contributed by atoms with Crippen LogP contribution in [0.2, 0.25) is 0 Å². The standard InChI is InChI=1S/C45H80O5/c1-4-7-10-13-15-17-19-21-23-24-26-28-30-33-35-38-44(46)49-42-43(50-45(47)39-36-32-12-9-6-3)41-48-40-37-34-31-29-27-25-22-20-18-16-14-11-8-5-2/h7,10,15,17,21,23,26,28,43H,4-6,8-9,11-14,16,18-20,22,24-25,27,29-42H2,1-3H3/b10-7-,17-15-,23-21-,28-26-. The molecular weight excluding hydrogens is 620 g/mol. The number of unbranched alkanes of at least 4 members (excludes halogenated alkanes) is 19. The van der Waals surface area contributed by atoms with E-state index in [-0.39, 0.29) is 25.2 Å². The number of carbonyl (C=O) groups excluding carboxylic acids is 2. The number of hydrogen-bond acceptors (Lipinski definition) is 5. The van der Waals surface area contributed by atoms with E-state index in [9.17, 15) is 9.59 Å². The zero-order valence-corrected chi connectivity index (χ0v) is 33.2. The normalized spacial score (nSPS) is 12.6. The fourth-order valence-corrected chi connectivity index (χ4v) is 5.73. The number of ether oxygens (including phenoxy) is 3. The molecule has 0 heterocycles. The SMILES string of the molecule is CC/C=C\C/C=C\C/C=C\C/C=C\CCCCC(=O)OCC(COCCCCCCCCCCCCCCCC)OC(=O)CCCCCCC. The van der Waals surface area contributed by atoms with Crippen LogP contribution in [-0.2, 0) is 23.8 Å². The van der Waals surface area contributed by atoms with Crippen LogP contribution < -0.4 is 0 Å². The molecule has 0 bridgehead atoms. The van der Waals surface area contributed by atoms with E-state index >= 15 is 0 Å². The molecule has 1 unspecified atom stereocenters. The van der Waals surface area contributed by atoms with E-state index < -0.39 is 6.10 Å². The minimum absolute atomic E-state index is 0.0655. The van der Waals surface area contributed by atoms with E-state index in [1.165, 1.54) is 89.9 Å². The van der Waals surface area contributed by atoms with Gasteiger partial charge in [0.05, 0.1) is 6.61 Å². The average Bonchev–Trinajstić information content (AvgIpc) is 3.11. The van der Waals surface area contributed by atoms with Crippen LogP contribution in [0.25, 0.3) is 0 Å². The Balaban J connectivity index is 4.14. The van der Waals surface area contributed by atoms with Gasteiger partial charge in [-0.1, -0.05) is 179 Å². The molecule has 0 radical (unpaired) electrons. The minimum Gasteiger partial charge on any atom is -0.462 e. The predicted octanol–water partition coefficient (Wildman–Crippen LogP) is 13.7. The Labute approximate surface area is 310 Å². The molecule has 0 fully saturated rings. The van der Waals surface area contributed by atoms with Gasteiger partial charge in [-0.15, -0.1) is 0 Å². The highest BCUT2D eigenvalue weighted by molar-refractivity contribution is 5.70. The predicted molar refractivity (Wildman–Crippen MR) is 215 cm³/mol. The quantitative estimate of drug-likeness (QED) is 0.0364. The molecule has 0 aromatic heterocycles. The van der Waals surface area contributed by atoms with Crippen LogP contribution in [0.3, 0.4) is 0 Å². The fourth-order valence-electron chi connectivity index (χ4n) is 5.73. The van der Waals surface area contributed by atoms with Gasteiger partial charge in [0.15, 0.2) is 6.10 Å². The topological polar surface area (TPSA) is 61.8 Å². The van der Waals surface area contributed by atoms with Gasteiger partial charge in [-0.05, 0) is 57.8 Å². The molecule has 0 saturated carbocycles. The van der Waals surface area contributed by atoms with Crippen molar-refractivity contribution in [2.45, 2.75) is 207 Å². The number of carbonyl (C=O) groups is 2. The first-order valence-electron chi connectivity index (χ1n) is 21.2. The van der Waals surface area contributed by atoms with Gasteiger partial charge in [0, 0.05) is 19.4 Å². The van der Waals surface area contributed by atoms with E-state index in [0.717, 1.165) is 77.0 Å². The Morgan fingerprint density at radius 3 is 1.44 bits per heavy atom. The lowest BCUT2D eigenvalue weighted by Crippen LogP contribution is -2.30. The molecule has 0 N–H and O–H groups in total. The maximum Gasteiger partial charge on any atom is 0.306 e. The first-order valence-corrected chi connectivity index (χ1v) is 21.2. The molecule has 0 rings (SSSR count). The van der Waals surface area contributed by atoms with Gasteiger partial charge in [-0.2, -0.15) is 0 Å². The minimum atomic E-state index is -0.543. The highest BCUT2D eigenvalue weighted by atomic mass is 16.6. The van der Waals surface area contributed by atoms with Crippen molar-refractivity contribution in [3.8, 4) is 0 Å². The first kappa shape index (κ1) is 47.9. The Hall–Kier alpha value is -2.14. The Kier molecular flexibility index (Phi) is 39.5. The molecule has 0 aliphatic heterocycles. The van der Waals surface area contributed by atoms with Crippen LogP contribution in [0.4, 0.5) is 0 Å². The van der Waals surface area contributed by atoms with E-state index in [4.69, 9.17) is 14.2 Å². The Morgan fingerprint density at radius 2 is 0.900 bits per heavy atom. The summed E-state index contributed by atoms with van der Waals surface area (Å²) in [5, 5.41) is 0. The molecule has 0 amide bonds. The van der Waals surface area contributed by atoms with Crippen LogP contribution in [0.15, 0.2) is 48.6 Å². The third kappa shape index (κ3) is 38.7. The summed E-state index contributed by atoms with van der Waals surface area (Å²) in [6, 6.07) is 0. The van der Waals surface area contributed by atoms with Gasteiger partial charge in [0.1, 0.15) is 6.61 Å². The van der Waals surface area contributed by atoms with Crippen molar-refractivity contribution in [2.24, 2.45) is 0 Å². The van der Waals surface area contributed by atoms with Crippen LogP contribution in [0.1, 0.15) is 201 Å². The number of esters is 2. The van der Waals surface area contributed by atoms with Crippen molar-refractivity contribution >= 4 is 11.9 Å². The molecule has 1 atom stereocenters. The summed E-state index contributed by atoms with van der Waals surface area (Å²) in [6.07, 6.45) is 48.5. The summed E-state index contributed by atoms with van der Waals surface area (Å²) in [7, 11) is 0. The molecule has 5 nitrogen and oxygen atoms in total. The first-order chi connectivity index (χ1) is 24.6. The van der Waals surface area contributed by atoms with Crippen LogP contribution in [-0.4, -0.2) is 37.9 Å². The van der Waals surface area contributed by atoms with Crippen LogP contribution in [0.5, 0.6) is 0 Å². The second-order valence-corrected chi connectivity index (χ2v) is 13.9. The molecule has 290 valence electrons. The molecule has 5 heteroatoms. The average molecular weight is 701 g/mol. The summed E-state index contributed by atoms with van der Waals surface area (Å²) >= 11 is 0. The smallest absolute Gasteiger partial charge is 0.306 e. The van der Waals surface area contributed by atoms with E-state index in [0.29, 0.717) is 19.4 Å². The van der Waals surface area contributed by atoms with Crippen molar-refractivity contribution < 1.29 is 23.8 Å². The van der Waals surface area contributed by atoms with Gasteiger partial charge in [-0.3, -0.25) is 9.59 Å². The van der Waals surface area contributed by atoms with Crippen LogP contribution in [0, 0.1) is 0 Å². The lowest BCUT2D eigenvalue weighted by atomic mass is 10.0. The van der Waals surface area contributed by atoms with Gasteiger partial charge in [0.2, 0.25) is 0 Å². The number of rotatable bonds is 38. The number of allylic oxidation sites excluding steroid dienone is 8. The second kappa shape index (κ2) is 41.3. The lowest BCUT2D eigenvalue weighted by molar-refractivity contribution is -0.163. The zero-order valence-electron chi connectivity index (χ0n) is 33.2. The molecule has 0 aromatic carbocycles. The molecule has 50 heavy (non-hydrogen) atoms. The summed E-state index contributed by atoms with van der Waals surface area (Å²) in [5.74, 6) is -0.455. The highest BCUT2D eigenvalue weighted by Gasteiger charge is 2.17. The molecule has 0 aromatic rings. The molecule has 0 aliphatic rings. The Morgan fingerprint density at radius 1 is 0.460 bits per heavy atom. The number of hydrogen-bond donors (Lipinski definition) is 0. The largest absolute Gasteiger partial charge is 0.462 e. The van der Waals surface area contributed by atoms with Gasteiger partial charge in [0.25, 0.3) is 0 Å². The van der Waals surface area contributed by atoms with E-state index in [1.807, 2.05) is 0 Å². The molecular formula is C45H80O5. The lowest BCUT2D eigenvalue weighted by Gasteiger charge is -2.18. The van der Waals surface area contributed by atoms with Gasteiger partial charge < -0.3 is 14.2 Å². The van der Waals surface area contributed by atoms with Crippen LogP contribution >= 0.6 is 0 Å². The maximum absolute atomic E-state index is 12.5. The fraction of sp³-hybridized carbons (Fsp3) is 0.778. The van der Waals surface area contributed by atoms with Crippen molar-refractivity contribution in [3.05, 3.63) is 48.6 Å². The zero-order chi connectivity index (χ0) is 36.4. The van der Waals surface area contributed by atoms with Crippen molar-refractivity contribution in [1.29, 1.82) is 0 Å². The summed E-state index contributed by atoms with van der Waals surface area (Å²) in [4.78, 5) is 24.9. The monoisotopic (exact) mass is 701 g/mol. The van der Waals surface area contributed by atoms with Crippen molar-refractivity contribution in [2.75, 3.05) is 19.8 Å². The second-order valence-electron chi connectivity index (χ2n) is 13.9. The Bertz CT molecular complexity index is 842. The third-order valence-corrected chi connectivity index (χ3v) is 8.88. The molecule has 0 aliphatic carbocycles. The molecule has 0 saturated heterocycles. The van der Waals surface area contributed by atoms with Crippen molar-refractivity contribution in [3.63, 3.8) is 0 Å². The summed E-state index contributed by atoms with van der Waals surface area (Å²) < 4.78 is 17.1. The maximum atomic E-state index is 12.5. The van der Waals surface area contributed by atoms with Crippen molar-refractivity contribution in [1.82, 2.24) is 0 Å². The summed E-state index contributed by atoms with van der Waals surface area (Å²) in [6.45, 7) is 7.60. The summed E-state index contributed by atoms with van der Waals surface area (Å²) in [5.41, 5.74) is 0. The van der Waals surface area contributed by atoms with Gasteiger partial charge in [-0.25, -0.2) is 0 Å². The van der Waals surface area contributed by atoms with E-state index in [1.54, 1.807) is 0 Å². The highest BCUT2D eigenvalue weighted by Crippen LogP contribution is 2.14. The molecule has 0 spiro atoms. The van der Waals surface area contributed by atoms with Gasteiger partial charge >= 0.3 is 11.9 Å².